The van der Waals surface area contributed by atoms with Crippen LogP contribution in [0.25, 0.3) is 0 Å². The highest BCUT2D eigenvalue weighted by molar-refractivity contribution is 7.80. The van der Waals surface area contributed by atoms with Gasteiger partial charge in [0.25, 0.3) is 0 Å². The molecular weight excluding hydrogens is 242 g/mol. The van der Waals surface area contributed by atoms with Crippen molar-refractivity contribution in [2.45, 2.75) is 40.0 Å². The summed E-state index contributed by atoms with van der Waals surface area (Å²) >= 11 is 4.73. The van der Waals surface area contributed by atoms with Crippen LogP contribution in [0.5, 0.6) is 0 Å². The Hall–Kier alpha value is -1.42. The monoisotopic (exact) mass is 263 g/mol. The maximum atomic E-state index is 5.35. The molecule has 0 bridgehead atoms. The third-order valence-corrected chi connectivity index (χ3v) is 3.04. The summed E-state index contributed by atoms with van der Waals surface area (Å²) in [6.07, 6.45) is 4.86. The lowest BCUT2D eigenvalue weighted by molar-refractivity contribution is 1.02. The molecule has 0 fully saturated rings. The highest BCUT2D eigenvalue weighted by atomic mass is 32.1. The molecule has 0 spiro atoms. The van der Waals surface area contributed by atoms with Crippen LogP contribution < -0.4 is 11.2 Å². The van der Waals surface area contributed by atoms with Crippen LogP contribution in [-0.4, -0.2) is 11.3 Å². The van der Waals surface area contributed by atoms with E-state index in [4.69, 9.17) is 18.0 Å². The van der Waals surface area contributed by atoms with Gasteiger partial charge in [-0.1, -0.05) is 32.9 Å². The lowest BCUT2D eigenvalue weighted by Gasteiger charge is -2.12. The first-order valence-electron chi connectivity index (χ1n) is 6.35. The molecule has 0 saturated carbocycles. The summed E-state index contributed by atoms with van der Waals surface area (Å²) in [6.45, 7) is 6.50. The Bertz CT molecular complexity index is 427. The smallest absolute Gasteiger partial charge is 0.184 e. The zero-order valence-electron chi connectivity index (χ0n) is 11.3. The molecule has 1 aromatic carbocycles. The Morgan fingerprint density at radius 2 is 1.78 bits per heavy atom. The summed E-state index contributed by atoms with van der Waals surface area (Å²) in [5.41, 5.74) is 13.2. The number of hydrazone groups is 1. The van der Waals surface area contributed by atoms with Crippen LogP contribution in [0.1, 0.15) is 43.0 Å². The van der Waals surface area contributed by atoms with Crippen LogP contribution in [0.2, 0.25) is 0 Å². The molecule has 0 amide bonds. The fraction of sp³-hybridized carbons (Fsp3) is 0.429. The van der Waals surface area contributed by atoms with Gasteiger partial charge in [-0.15, -0.1) is 0 Å². The predicted octanol–water partition coefficient (Wildman–Crippen LogP) is 2.54. The number of thiocarbonyl (C=S) groups is 1. The molecule has 18 heavy (non-hydrogen) atoms. The lowest BCUT2D eigenvalue weighted by Crippen LogP contribution is -2.24. The van der Waals surface area contributed by atoms with E-state index < -0.39 is 0 Å². The second kappa shape index (κ2) is 7.11. The predicted molar refractivity (Wildman–Crippen MR) is 82.1 cm³/mol. The Balaban J connectivity index is 3.14. The first kappa shape index (κ1) is 14.6. The molecule has 4 heteroatoms. The van der Waals surface area contributed by atoms with Gasteiger partial charge in [0, 0.05) is 5.56 Å². The summed E-state index contributed by atoms with van der Waals surface area (Å²) in [4.78, 5) is 0. The second-order valence-corrected chi connectivity index (χ2v) is 4.56. The quantitative estimate of drug-likeness (QED) is 0.487. The molecule has 0 unspecified atom stereocenters. The van der Waals surface area contributed by atoms with E-state index in [9.17, 15) is 0 Å². The maximum Gasteiger partial charge on any atom is 0.184 e. The standard InChI is InChI=1S/C14H21N3S/c1-4-10-7-11(5-2)13(12(6-3)8-10)9-16-17-14(15)18/h7-9H,4-6H2,1-3H3,(H3,15,17,18). The number of nitrogens with two attached hydrogens (primary N) is 1. The van der Waals surface area contributed by atoms with Crippen LogP contribution in [0.3, 0.4) is 0 Å². The molecule has 0 aliphatic carbocycles. The van der Waals surface area contributed by atoms with Gasteiger partial charge in [0.1, 0.15) is 0 Å². The molecule has 98 valence electrons. The molecule has 3 nitrogen and oxygen atoms in total. The average molecular weight is 263 g/mol. The number of nitrogens with zero attached hydrogens (tertiary/aromatic N) is 1. The van der Waals surface area contributed by atoms with Gasteiger partial charge >= 0.3 is 0 Å². The minimum Gasteiger partial charge on any atom is -0.375 e. The van der Waals surface area contributed by atoms with Crippen molar-refractivity contribution in [1.82, 2.24) is 5.43 Å². The van der Waals surface area contributed by atoms with E-state index in [0.29, 0.717) is 0 Å². The van der Waals surface area contributed by atoms with E-state index in [1.165, 1.54) is 22.3 Å². The van der Waals surface area contributed by atoms with Crippen molar-refractivity contribution in [2.75, 3.05) is 0 Å². The Morgan fingerprint density at radius 3 is 2.17 bits per heavy atom. The highest BCUT2D eigenvalue weighted by Crippen LogP contribution is 2.18. The van der Waals surface area contributed by atoms with E-state index in [1.54, 1.807) is 0 Å². The minimum absolute atomic E-state index is 0.188. The molecule has 0 aromatic heterocycles. The third-order valence-electron chi connectivity index (χ3n) is 2.95. The van der Waals surface area contributed by atoms with Crippen LogP contribution in [0.15, 0.2) is 17.2 Å². The Kier molecular flexibility index (Phi) is 5.78. The van der Waals surface area contributed by atoms with Crippen LogP contribution in [-0.2, 0) is 19.3 Å². The van der Waals surface area contributed by atoms with Gasteiger partial charge in [-0.3, -0.25) is 5.43 Å². The maximum absolute atomic E-state index is 5.35. The topological polar surface area (TPSA) is 50.4 Å². The summed E-state index contributed by atoms with van der Waals surface area (Å²) < 4.78 is 0. The number of hydrogen-bond donors (Lipinski definition) is 2. The van der Waals surface area contributed by atoms with E-state index >= 15 is 0 Å². The fourth-order valence-corrected chi connectivity index (χ4v) is 2.02. The second-order valence-electron chi connectivity index (χ2n) is 4.12. The van der Waals surface area contributed by atoms with Crippen LogP contribution in [0.4, 0.5) is 0 Å². The molecule has 0 heterocycles. The van der Waals surface area contributed by atoms with E-state index in [0.717, 1.165) is 19.3 Å². The summed E-state index contributed by atoms with van der Waals surface area (Å²) in [6, 6.07) is 4.50. The zero-order valence-corrected chi connectivity index (χ0v) is 12.1. The summed E-state index contributed by atoms with van der Waals surface area (Å²) in [5.74, 6) is 0. The molecule has 0 aliphatic heterocycles. The number of hydrogen-bond acceptors (Lipinski definition) is 2. The molecule has 0 atom stereocenters. The van der Waals surface area contributed by atoms with E-state index in [1.807, 2.05) is 6.21 Å². The Morgan fingerprint density at radius 1 is 1.22 bits per heavy atom. The average Bonchev–Trinajstić information content (AvgIpc) is 2.37. The fourth-order valence-electron chi connectivity index (χ4n) is 1.97. The molecule has 0 saturated heterocycles. The normalized spacial score (nSPS) is 10.8. The van der Waals surface area contributed by atoms with Crippen molar-refractivity contribution in [2.24, 2.45) is 10.8 Å². The van der Waals surface area contributed by atoms with Crippen LogP contribution >= 0.6 is 12.2 Å². The van der Waals surface area contributed by atoms with Gasteiger partial charge in [0.2, 0.25) is 0 Å². The SMILES string of the molecule is CCc1cc(CC)c(C=NNC(N)=S)c(CC)c1. The van der Waals surface area contributed by atoms with Crippen LogP contribution in [0, 0.1) is 0 Å². The van der Waals surface area contributed by atoms with Gasteiger partial charge < -0.3 is 5.73 Å². The summed E-state index contributed by atoms with van der Waals surface area (Å²) in [5, 5.41) is 4.26. The van der Waals surface area contributed by atoms with Crippen molar-refractivity contribution in [3.63, 3.8) is 0 Å². The molecular formula is C14H21N3S. The van der Waals surface area contributed by atoms with E-state index in [2.05, 4.69) is 43.4 Å². The molecule has 1 rings (SSSR count). The van der Waals surface area contributed by atoms with Crippen molar-refractivity contribution in [3.05, 3.63) is 34.4 Å². The Labute approximate surface area is 114 Å². The zero-order chi connectivity index (χ0) is 13.5. The van der Waals surface area contributed by atoms with Gasteiger partial charge in [0.05, 0.1) is 6.21 Å². The summed E-state index contributed by atoms with van der Waals surface area (Å²) in [7, 11) is 0. The van der Waals surface area contributed by atoms with Gasteiger partial charge in [-0.25, -0.2) is 0 Å². The molecule has 0 radical (unpaired) electrons. The van der Waals surface area contributed by atoms with Crippen molar-refractivity contribution < 1.29 is 0 Å². The first-order chi connectivity index (χ1) is 8.62. The molecule has 3 N–H and O–H groups in total. The molecule has 0 aliphatic rings. The molecule has 1 aromatic rings. The largest absolute Gasteiger partial charge is 0.375 e. The van der Waals surface area contributed by atoms with Gasteiger partial charge in [-0.2, -0.15) is 5.10 Å². The lowest BCUT2D eigenvalue weighted by atomic mass is 9.94. The third kappa shape index (κ3) is 3.81. The first-order valence-corrected chi connectivity index (χ1v) is 6.76. The number of benzene rings is 1. The van der Waals surface area contributed by atoms with Gasteiger partial charge in [-0.05, 0) is 48.2 Å². The number of rotatable bonds is 5. The number of nitrogens with one attached hydrogen (secondary N) is 1. The highest BCUT2D eigenvalue weighted by Gasteiger charge is 2.06. The van der Waals surface area contributed by atoms with Crippen molar-refractivity contribution in [1.29, 1.82) is 0 Å². The minimum atomic E-state index is 0.188. The van der Waals surface area contributed by atoms with E-state index in [-0.39, 0.29) is 5.11 Å². The van der Waals surface area contributed by atoms with Crippen molar-refractivity contribution in [3.8, 4) is 0 Å². The van der Waals surface area contributed by atoms with Crippen molar-refractivity contribution >= 4 is 23.5 Å². The number of aryl methyl sites for hydroxylation is 3. The van der Waals surface area contributed by atoms with Gasteiger partial charge in [0.15, 0.2) is 5.11 Å².